The molecule has 4 N–H and O–H groups in total. The van der Waals surface area contributed by atoms with Crippen molar-refractivity contribution in [1.82, 2.24) is 26.2 Å². The number of likely N-dealkylation sites (tertiary alicyclic amines) is 1. The molecule has 0 radical (unpaired) electrons. The number of nitrogens with one attached hydrogen (secondary N) is 4. The summed E-state index contributed by atoms with van der Waals surface area (Å²) in [5, 5.41) is 11.2. The van der Waals surface area contributed by atoms with Crippen molar-refractivity contribution in [2.24, 2.45) is 35.0 Å². The van der Waals surface area contributed by atoms with Crippen molar-refractivity contribution in [3.05, 3.63) is 35.4 Å². The van der Waals surface area contributed by atoms with Crippen LogP contribution in [0.4, 0.5) is 4.79 Å². The summed E-state index contributed by atoms with van der Waals surface area (Å²) < 4.78 is 26.6. The van der Waals surface area contributed by atoms with E-state index in [2.05, 4.69) is 35.1 Å². The number of amides is 5. The predicted octanol–water partition coefficient (Wildman–Crippen LogP) is 4.24. The summed E-state index contributed by atoms with van der Waals surface area (Å²) in [6.45, 7) is 13.7. The van der Waals surface area contributed by atoms with Gasteiger partial charge in [-0.1, -0.05) is 70.7 Å². The molecule has 4 saturated carbocycles. The Morgan fingerprint density at radius 2 is 1.57 bits per heavy atom. The number of nitrogens with zero attached hydrogens (tertiary/aromatic N) is 1. The molecule has 6 aliphatic rings. The highest BCUT2D eigenvalue weighted by molar-refractivity contribution is 7.93. The highest BCUT2D eigenvalue weighted by Crippen LogP contribution is 2.65. The first-order chi connectivity index (χ1) is 26.3. The van der Waals surface area contributed by atoms with Gasteiger partial charge >= 0.3 is 6.03 Å². The Morgan fingerprint density at radius 3 is 2.12 bits per heavy atom. The van der Waals surface area contributed by atoms with E-state index in [1.165, 1.54) is 0 Å². The second-order valence-electron chi connectivity index (χ2n) is 19.7. The molecule has 1 heterocycles. The van der Waals surface area contributed by atoms with E-state index in [-0.39, 0.29) is 35.0 Å². The van der Waals surface area contributed by atoms with Crippen LogP contribution in [0.15, 0.2) is 24.3 Å². The van der Waals surface area contributed by atoms with Crippen LogP contribution < -0.4 is 21.3 Å². The molecule has 5 amide bonds. The van der Waals surface area contributed by atoms with E-state index in [0.29, 0.717) is 57.5 Å². The Bertz CT molecular complexity index is 1850. The van der Waals surface area contributed by atoms with Crippen LogP contribution in [0.3, 0.4) is 0 Å². The van der Waals surface area contributed by atoms with Crippen LogP contribution >= 0.6 is 0 Å². The second-order valence-corrected chi connectivity index (χ2v) is 22.7. The van der Waals surface area contributed by atoms with Gasteiger partial charge in [-0.3, -0.25) is 19.2 Å². The van der Waals surface area contributed by atoms with Crippen molar-refractivity contribution in [2.45, 2.75) is 152 Å². The first-order valence-corrected chi connectivity index (χ1v) is 22.7. The molecular formula is C43H63N5O7S. The monoisotopic (exact) mass is 793 g/mol. The van der Waals surface area contributed by atoms with Gasteiger partial charge in [0.05, 0.1) is 15.5 Å². The number of Topliss-reactive ketones (excluding diaryl/α,β-unsaturated/α-hetero) is 1. The zero-order chi connectivity index (χ0) is 40.6. The molecule has 5 fully saturated rings. The predicted molar refractivity (Wildman–Crippen MR) is 213 cm³/mol. The standard InChI is InChI=1S/C43H63N5O7S/c1-8-30-22-43(30,35(49)37(51)44-23-26-16-17-26)46-36(50)34-32-31(41(32,6)7)24-48(34)38(52)33(29-20-27-14-10-11-15-28(27)21-29)45-39(53)47-42(18-12-9-13-19-42)25(2)56(54,55)40(3,4)5/h10-11,14-15,25-26,29-34H,8-9,12-13,16-24H2,1-7H3,(H,44,51)(H,46,50)(H2,45,47,53)/t25-,30?,31?,32?,33+,34+,43+/m1/s1. The fourth-order valence-electron chi connectivity index (χ4n) is 10.7. The molecular weight excluding hydrogens is 731 g/mol. The average molecular weight is 794 g/mol. The maximum Gasteiger partial charge on any atom is 0.315 e. The lowest BCUT2D eigenvalue weighted by molar-refractivity contribution is -0.145. The third-order valence-corrected chi connectivity index (χ3v) is 18.0. The summed E-state index contributed by atoms with van der Waals surface area (Å²) in [6, 6.07) is 5.53. The highest BCUT2D eigenvalue weighted by Gasteiger charge is 2.71. The summed E-state index contributed by atoms with van der Waals surface area (Å²) in [5.74, 6) is -2.26. The SMILES string of the molecule is CCC1C[C@@]1(NC(=O)[C@@H]1C2C(CN1C(=O)[C@@H](NC(=O)NC1([C@@H](C)S(=O)(=O)C(C)(C)C)CCCCC1)C1Cc3ccccc3C1)C2(C)C)C(=O)C(=O)NCC1CC1. The van der Waals surface area contributed by atoms with Crippen molar-refractivity contribution >= 4 is 39.4 Å². The number of carbonyl (C=O) groups is 5. The van der Waals surface area contributed by atoms with Crippen molar-refractivity contribution in [1.29, 1.82) is 0 Å². The average Bonchev–Trinajstić information content (AvgIpc) is 4.09. The van der Waals surface area contributed by atoms with Crippen LogP contribution in [-0.2, 0) is 41.9 Å². The topological polar surface area (TPSA) is 171 Å². The molecule has 12 nitrogen and oxygen atoms in total. The Balaban J connectivity index is 1.15. The normalized spacial score (nSPS) is 29.9. The van der Waals surface area contributed by atoms with E-state index in [4.69, 9.17) is 0 Å². The Labute approximate surface area is 332 Å². The second kappa shape index (κ2) is 14.4. The molecule has 0 bridgehead atoms. The number of ketones is 1. The number of sulfone groups is 1. The molecule has 308 valence electrons. The maximum atomic E-state index is 15.1. The summed E-state index contributed by atoms with van der Waals surface area (Å²) in [5.41, 5.74) is -0.309. The molecule has 1 saturated heterocycles. The van der Waals surface area contributed by atoms with E-state index in [9.17, 15) is 27.6 Å². The zero-order valence-electron chi connectivity index (χ0n) is 34.3. The van der Waals surface area contributed by atoms with Crippen LogP contribution in [0.2, 0.25) is 0 Å². The molecule has 1 aliphatic heterocycles. The van der Waals surface area contributed by atoms with Gasteiger partial charge < -0.3 is 26.2 Å². The van der Waals surface area contributed by atoms with E-state index >= 15 is 4.79 Å². The van der Waals surface area contributed by atoms with Gasteiger partial charge in [-0.2, -0.15) is 0 Å². The van der Waals surface area contributed by atoms with Gasteiger partial charge in [0.2, 0.25) is 17.6 Å². The highest BCUT2D eigenvalue weighted by atomic mass is 32.2. The van der Waals surface area contributed by atoms with Crippen LogP contribution in [0.5, 0.6) is 0 Å². The number of hydrogen-bond acceptors (Lipinski definition) is 7. The van der Waals surface area contributed by atoms with E-state index in [0.717, 1.165) is 43.2 Å². The van der Waals surface area contributed by atoms with E-state index in [1.807, 2.05) is 31.2 Å². The number of hydrogen-bond donors (Lipinski definition) is 4. The number of rotatable bonds is 13. The first kappa shape index (κ1) is 40.7. The minimum Gasteiger partial charge on any atom is -0.349 e. The lowest BCUT2D eigenvalue weighted by atomic mass is 9.79. The van der Waals surface area contributed by atoms with Crippen LogP contribution in [0, 0.1) is 35.0 Å². The smallest absolute Gasteiger partial charge is 0.315 e. The Kier molecular flexibility index (Phi) is 10.5. The molecule has 7 atom stereocenters. The summed E-state index contributed by atoms with van der Waals surface area (Å²) >= 11 is 0. The number of fused-ring (bicyclic) bond motifs is 2. The molecule has 1 aromatic carbocycles. The molecule has 5 aliphatic carbocycles. The number of piperidine rings is 1. The van der Waals surface area contributed by atoms with E-state index < -0.39 is 66.6 Å². The molecule has 56 heavy (non-hydrogen) atoms. The van der Waals surface area contributed by atoms with Gasteiger partial charge in [0.25, 0.3) is 5.91 Å². The van der Waals surface area contributed by atoms with Gasteiger partial charge in [0.1, 0.15) is 17.6 Å². The fraction of sp³-hybridized carbons (Fsp3) is 0.744. The van der Waals surface area contributed by atoms with Gasteiger partial charge in [-0.15, -0.1) is 0 Å². The van der Waals surface area contributed by atoms with Crippen molar-refractivity contribution in [3.63, 3.8) is 0 Å². The molecule has 3 unspecified atom stereocenters. The molecule has 0 spiro atoms. The Morgan fingerprint density at radius 1 is 0.946 bits per heavy atom. The summed E-state index contributed by atoms with van der Waals surface area (Å²) in [4.78, 5) is 72.3. The lowest BCUT2D eigenvalue weighted by Gasteiger charge is -2.44. The van der Waals surface area contributed by atoms with Crippen LogP contribution in [-0.4, -0.2) is 89.1 Å². The van der Waals surface area contributed by atoms with E-state index in [1.54, 1.807) is 32.6 Å². The number of benzene rings is 1. The van der Waals surface area contributed by atoms with Crippen LogP contribution in [0.25, 0.3) is 0 Å². The largest absolute Gasteiger partial charge is 0.349 e. The quantitative estimate of drug-likeness (QED) is 0.217. The molecule has 0 aromatic heterocycles. The van der Waals surface area contributed by atoms with Crippen LogP contribution in [0.1, 0.15) is 117 Å². The van der Waals surface area contributed by atoms with Crippen molar-refractivity contribution in [2.75, 3.05) is 13.1 Å². The minimum atomic E-state index is -3.66. The molecule has 13 heteroatoms. The lowest BCUT2D eigenvalue weighted by Crippen LogP contribution is -2.65. The van der Waals surface area contributed by atoms with Gasteiger partial charge in [-0.25, -0.2) is 13.2 Å². The van der Waals surface area contributed by atoms with Crippen molar-refractivity contribution < 1.29 is 32.4 Å². The summed E-state index contributed by atoms with van der Waals surface area (Å²) in [6.07, 6.45) is 7.68. The minimum absolute atomic E-state index is 0.0566. The van der Waals surface area contributed by atoms with Crippen molar-refractivity contribution in [3.8, 4) is 0 Å². The van der Waals surface area contributed by atoms with Gasteiger partial charge in [-0.05, 0) is 119 Å². The first-order valence-electron chi connectivity index (χ1n) is 21.1. The summed E-state index contributed by atoms with van der Waals surface area (Å²) in [7, 11) is -3.66. The maximum absolute atomic E-state index is 15.1. The third-order valence-electron chi connectivity index (χ3n) is 14.9. The molecule has 1 aromatic rings. The van der Waals surface area contributed by atoms with Gasteiger partial charge in [0.15, 0.2) is 9.84 Å². The van der Waals surface area contributed by atoms with Gasteiger partial charge in [0, 0.05) is 13.1 Å². The zero-order valence-corrected chi connectivity index (χ0v) is 35.2. The Hall–Kier alpha value is -3.48. The molecule has 7 rings (SSSR count). The third kappa shape index (κ3) is 7.16. The fourth-order valence-corrected chi connectivity index (χ4v) is 12.6. The number of carbonyl (C=O) groups excluding carboxylic acids is 5. The number of urea groups is 1.